The van der Waals surface area contributed by atoms with Crippen molar-refractivity contribution in [1.29, 1.82) is 0 Å². The summed E-state index contributed by atoms with van der Waals surface area (Å²) in [6.07, 6.45) is 3.25. The maximum absolute atomic E-state index is 6.08. The van der Waals surface area contributed by atoms with E-state index in [1.807, 2.05) is 22.9 Å². The molecule has 20 heavy (non-hydrogen) atoms. The SMILES string of the molecule is CCCn1ncnc1CC(NN)c1cc(Cl)cc(Br)c1. The second-order valence-corrected chi connectivity index (χ2v) is 5.88. The Morgan fingerprint density at radius 3 is 2.90 bits per heavy atom. The summed E-state index contributed by atoms with van der Waals surface area (Å²) >= 11 is 9.52. The van der Waals surface area contributed by atoms with Gasteiger partial charge in [0, 0.05) is 22.5 Å². The van der Waals surface area contributed by atoms with Gasteiger partial charge in [-0.1, -0.05) is 34.5 Å². The third kappa shape index (κ3) is 3.79. The third-order valence-electron chi connectivity index (χ3n) is 3.01. The highest BCUT2D eigenvalue weighted by atomic mass is 79.9. The first kappa shape index (κ1) is 15.4. The quantitative estimate of drug-likeness (QED) is 0.615. The molecule has 7 heteroatoms. The zero-order valence-corrected chi connectivity index (χ0v) is 13.5. The molecule has 0 amide bonds. The van der Waals surface area contributed by atoms with E-state index in [1.165, 1.54) is 0 Å². The van der Waals surface area contributed by atoms with E-state index < -0.39 is 0 Å². The minimum Gasteiger partial charge on any atom is -0.271 e. The number of hydrogen-bond donors (Lipinski definition) is 2. The van der Waals surface area contributed by atoms with Gasteiger partial charge < -0.3 is 0 Å². The Labute approximate surface area is 131 Å². The molecule has 2 rings (SSSR count). The number of hydrazine groups is 1. The summed E-state index contributed by atoms with van der Waals surface area (Å²) in [6, 6.07) is 5.68. The first-order valence-corrected chi connectivity index (χ1v) is 7.60. The molecule has 1 aromatic carbocycles. The second-order valence-electron chi connectivity index (χ2n) is 4.53. The van der Waals surface area contributed by atoms with E-state index in [2.05, 4.69) is 38.4 Å². The largest absolute Gasteiger partial charge is 0.271 e. The van der Waals surface area contributed by atoms with Crippen molar-refractivity contribution >= 4 is 27.5 Å². The number of nitrogens with zero attached hydrogens (tertiary/aromatic N) is 3. The van der Waals surface area contributed by atoms with Crippen molar-refractivity contribution in [1.82, 2.24) is 20.2 Å². The van der Waals surface area contributed by atoms with Crippen molar-refractivity contribution in [2.75, 3.05) is 0 Å². The maximum atomic E-state index is 6.08. The van der Waals surface area contributed by atoms with E-state index in [4.69, 9.17) is 17.4 Å². The number of halogens is 2. The van der Waals surface area contributed by atoms with Crippen LogP contribution in [0.3, 0.4) is 0 Å². The molecule has 5 nitrogen and oxygen atoms in total. The number of rotatable bonds is 6. The summed E-state index contributed by atoms with van der Waals surface area (Å²) in [7, 11) is 0. The highest BCUT2D eigenvalue weighted by molar-refractivity contribution is 9.10. The van der Waals surface area contributed by atoms with Crippen molar-refractivity contribution < 1.29 is 0 Å². The van der Waals surface area contributed by atoms with Gasteiger partial charge in [-0.25, -0.2) is 4.98 Å². The fourth-order valence-corrected chi connectivity index (χ4v) is 2.96. The zero-order chi connectivity index (χ0) is 14.5. The number of nitrogens with one attached hydrogen (secondary N) is 1. The summed E-state index contributed by atoms with van der Waals surface area (Å²) < 4.78 is 2.83. The molecular weight excluding hydrogens is 342 g/mol. The van der Waals surface area contributed by atoms with Gasteiger partial charge in [0.05, 0.1) is 6.04 Å². The lowest BCUT2D eigenvalue weighted by atomic mass is 10.0. The third-order valence-corrected chi connectivity index (χ3v) is 3.68. The molecule has 1 heterocycles. The Morgan fingerprint density at radius 1 is 1.45 bits per heavy atom. The van der Waals surface area contributed by atoms with Crippen LogP contribution in [0.2, 0.25) is 5.02 Å². The molecule has 0 aliphatic rings. The lowest BCUT2D eigenvalue weighted by molar-refractivity contribution is 0.499. The van der Waals surface area contributed by atoms with Crippen molar-refractivity contribution in [2.45, 2.75) is 32.4 Å². The second kappa shape index (κ2) is 7.17. The predicted octanol–water partition coefficient (Wildman–Crippen LogP) is 2.85. The van der Waals surface area contributed by atoms with Crippen LogP contribution in [0.1, 0.15) is 30.8 Å². The van der Waals surface area contributed by atoms with E-state index >= 15 is 0 Å². The maximum Gasteiger partial charge on any atom is 0.138 e. The zero-order valence-electron chi connectivity index (χ0n) is 11.2. The fraction of sp³-hybridized carbons (Fsp3) is 0.385. The van der Waals surface area contributed by atoms with Gasteiger partial charge in [0.15, 0.2) is 0 Å². The van der Waals surface area contributed by atoms with Crippen molar-refractivity contribution in [3.63, 3.8) is 0 Å². The van der Waals surface area contributed by atoms with E-state index in [1.54, 1.807) is 6.33 Å². The molecule has 0 bridgehead atoms. The highest BCUT2D eigenvalue weighted by Crippen LogP contribution is 2.25. The van der Waals surface area contributed by atoms with Gasteiger partial charge in [-0.15, -0.1) is 0 Å². The van der Waals surface area contributed by atoms with Crippen LogP contribution in [0.4, 0.5) is 0 Å². The molecule has 1 unspecified atom stereocenters. The monoisotopic (exact) mass is 357 g/mol. The van der Waals surface area contributed by atoms with Gasteiger partial charge in [-0.3, -0.25) is 16.0 Å². The molecule has 108 valence electrons. The Bertz CT molecular complexity index is 551. The van der Waals surface area contributed by atoms with Crippen LogP contribution in [0.15, 0.2) is 29.0 Å². The summed E-state index contributed by atoms with van der Waals surface area (Å²) in [5.74, 6) is 6.59. The molecule has 0 radical (unpaired) electrons. The number of nitrogens with two attached hydrogens (primary N) is 1. The summed E-state index contributed by atoms with van der Waals surface area (Å²) in [6.45, 7) is 2.96. The van der Waals surface area contributed by atoms with Crippen LogP contribution < -0.4 is 11.3 Å². The Kier molecular flexibility index (Phi) is 5.54. The minimum absolute atomic E-state index is 0.0650. The lowest BCUT2D eigenvalue weighted by Gasteiger charge is -2.17. The number of hydrogen-bond acceptors (Lipinski definition) is 4. The van der Waals surface area contributed by atoms with Gasteiger partial charge >= 0.3 is 0 Å². The summed E-state index contributed by atoms with van der Waals surface area (Å²) in [5.41, 5.74) is 3.83. The molecule has 0 aliphatic heterocycles. The first-order valence-electron chi connectivity index (χ1n) is 6.42. The molecule has 0 aliphatic carbocycles. The van der Waals surface area contributed by atoms with Crippen molar-refractivity contribution in [2.24, 2.45) is 5.84 Å². The number of benzene rings is 1. The topological polar surface area (TPSA) is 68.8 Å². The number of aryl methyl sites for hydroxylation is 1. The Hall–Kier alpha value is -0.950. The Balaban J connectivity index is 2.22. The molecule has 1 atom stereocenters. The molecule has 3 N–H and O–H groups in total. The minimum atomic E-state index is -0.0650. The molecule has 1 aromatic heterocycles. The van der Waals surface area contributed by atoms with Crippen LogP contribution in [0, 0.1) is 0 Å². The smallest absolute Gasteiger partial charge is 0.138 e. The van der Waals surface area contributed by atoms with Crippen molar-refractivity contribution in [3.8, 4) is 0 Å². The van der Waals surface area contributed by atoms with Crippen LogP contribution in [0.5, 0.6) is 0 Å². The summed E-state index contributed by atoms with van der Waals surface area (Å²) in [4.78, 5) is 4.30. The van der Waals surface area contributed by atoms with Crippen LogP contribution >= 0.6 is 27.5 Å². The van der Waals surface area contributed by atoms with Crippen LogP contribution in [-0.4, -0.2) is 14.8 Å². The van der Waals surface area contributed by atoms with Gasteiger partial charge in [-0.05, 0) is 30.2 Å². The highest BCUT2D eigenvalue weighted by Gasteiger charge is 2.15. The molecule has 2 aromatic rings. The van der Waals surface area contributed by atoms with E-state index in [9.17, 15) is 0 Å². The summed E-state index contributed by atoms with van der Waals surface area (Å²) in [5, 5.41) is 4.89. The van der Waals surface area contributed by atoms with Gasteiger partial charge in [-0.2, -0.15) is 5.10 Å². The molecule has 0 spiro atoms. The fourth-order valence-electron chi connectivity index (χ4n) is 2.08. The molecule has 0 saturated heterocycles. The van der Waals surface area contributed by atoms with E-state index in [-0.39, 0.29) is 6.04 Å². The van der Waals surface area contributed by atoms with E-state index in [0.717, 1.165) is 28.8 Å². The molecular formula is C13H17BrClN5. The Morgan fingerprint density at radius 2 is 2.25 bits per heavy atom. The first-order chi connectivity index (χ1) is 9.63. The van der Waals surface area contributed by atoms with Crippen LogP contribution in [0.25, 0.3) is 0 Å². The number of aromatic nitrogens is 3. The average Bonchev–Trinajstić information content (AvgIpc) is 2.82. The standard InChI is InChI=1S/C13H17BrClN5/c1-2-3-20-13(17-8-18-20)7-12(19-16)9-4-10(14)6-11(15)5-9/h4-6,8,12,19H,2-3,7,16H2,1H3. The predicted molar refractivity (Wildman–Crippen MR) is 83.2 cm³/mol. The molecule has 0 fully saturated rings. The van der Waals surface area contributed by atoms with Gasteiger partial charge in [0.1, 0.15) is 12.2 Å². The van der Waals surface area contributed by atoms with Gasteiger partial charge in [0.2, 0.25) is 0 Å². The van der Waals surface area contributed by atoms with Crippen LogP contribution in [-0.2, 0) is 13.0 Å². The van der Waals surface area contributed by atoms with Gasteiger partial charge in [0.25, 0.3) is 0 Å². The lowest BCUT2D eigenvalue weighted by Crippen LogP contribution is -2.30. The van der Waals surface area contributed by atoms with E-state index in [0.29, 0.717) is 11.4 Å². The molecule has 0 saturated carbocycles. The average molecular weight is 359 g/mol. The van der Waals surface area contributed by atoms with Crippen molar-refractivity contribution in [3.05, 3.63) is 45.4 Å². The normalized spacial score (nSPS) is 12.6.